The fraction of sp³-hybridized carbons (Fsp3) is 0.0909. The monoisotopic (exact) mass is 378 g/mol. The fourth-order valence-corrected chi connectivity index (χ4v) is 2.56. The molecule has 0 aliphatic carbocycles. The summed E-state index contributed by atoms with van der Waals surface area (Å²) in [5, 5.41) is 18.8. The van der Waals surface area contributed by atoms with Gasteiger partial charge in [-0.1, -0.05) is 0 Å². The number of ether oxygens (including phenoxy) is 2. The van der Waals surface area contributed by atoms with E-state index in [2.05, 4.69) is 0 Å². The SMILES string of the molecule is Cc1cc(O)ccc1OC(=O)c1ccc(C(=O)Oc2ccc(O)cc2C)cc1. The average molecular weight is 378 g/mol. The lowest BCUT2D eigenvalue weighted by atomic mass is 10.1. The van der Waals surface area contributed by atoms with E-state index in [4.69, 9.17) is 9.47 Å². The zero-order valence-electron chi connectivity index (χ0n) is 15.3. The van der Waals surface area contributed by atoms with Crippen molar-refractivity contribution in [1.29, 1.82) is 0 Å². The molecule has 0 aromatic heterocycles. The average Bonchev–Trinajstić information content (AvgIpc) is 2.66. The molecule has 0 radical (unpaired) electrons. The van der Waals surface area contributed by atoms with Crippen LogP contribution in [0.4, 0.5) is 0 Å². The number of rotatable bonds is 4. The second-order valence-corrected chi connectivity index (χ2v) is 6.26. The largest absolute Gasteiger partial charge is 0.508 e. The second-order valence-electron chi connectivity index (χ2n) is 6.26. The summed E-state index contributed by atoms with van der Waals surface area (Å²) in [6.07, 6.45) is 0. The van der Waals surface area contributed by atoms with Crippen molar-refractivity contribution in [2.45, 2.75) is 13.8 Å². The van der Waals surface area contributed by atoms with Crippen LogP contribution in [0.15, 0.2) is 60.7 Å². The molecule has 6 nitrogen and oxygen atoms in total. The van der Waals surface area contributed by atoms with Gasteiger partial charge in [0.2, 0.25) is 0 Å². The molecule has 0 fully saturated rings. The van der Waals surface area contributed by atoms with Gasteiger partial charge in [0, 0.05) is 0 Å². The normalized spacial score (nSPS) is 10.4. The maximum Gasteiger partial charge on any atom is 0.343 e. The zero-order chi connectivity index (χ0) is 20.3. The van der Waals surface area contributed by atoms with Crippen molar-refractivity contribution in [3.8, 4) is 23.0 Å². The summed E-state index contributed by atoms with van der Waals surface area (Å²) in [4.78, 5) is 24.6. The van der Waals surface area contributed by atoms with Gasteiger partial charge in [-0.3, -0.25) is 0 Å². The third-order valence-electron chi connectivity index (χ3n) is 4.08. The molecule has 0 unspecified atom stereocenters. The number of carbonyl (C=O) groups is 2. The van der Waals surface area contributed by atoms with Crippen LogP contribution in [-0.4, -0.2) is 22.2 Å². The summed E-state index contributed by atoms with van der Waals surface area (Å²) in [6.45, 7) is 3.43. The minimum atomic E-state index is -0.580. The molecule has 142 valence electrons. The van der Waals surface area contributed by atoms with Gasteiger partial charge in [-0.15, -0.1) is 0 Å². The Kier molecular flexibility index (Phi) is 5.31. The van der Waals surface area contributed by atoms with E-state index >= 15 is 0 Å². The van der Waals surface area contributed by atoms with Crippen LogP contribution in [-0.2, 0) is 0 Å². The highest BCUT2D eigenvalue weighted by Gasteiger charge is 2.14. The Bertz CT molecular complexity index is 953. The van der Waals surface area contributed by atoms with Crippen LogP contribution in [0.2, 0.25) is 0 Å². The number of aromatic hydroxyl groups is 2. The first-order valence-electron chi connectivity index (χ1n) is 8.47. The molecule has 0 spiro atoms. The molecule has 0 atom stereocenters. The topological polar surface area (TPSA) is 93.1 Å². The van der Waals surface area contributed by atoms with Crippen molar-refractivity contribution in [3.05, 3.63) is 82.9 Å². The highest BCUT2D eigenvalue weighted by Crippen LogP contribution is 2.24. The number of aryl methyl sites for hydroxylation is 2. The van der Waals surface area contributed by atoms with Gasteiger partial charge in [-0.2, -0.15) is 0 Å². The maximum atomic E-state index is 12.3. The molecular formula is C22H18O6. The second kappa shape index (κ2) is 7.84. The Hall–Kier alpha value is -3.80. The van der Waals surface area contributed by atoms with Gasteiger partial charge in [-0.25, -0.2) is 9.59 Å². The number of benzene rings is 3. The molecule has 28 heavy (non-hydrogen) atoms. The maximum absolute atomic E-state index is 12.3. The Labute approximate surface area is 161 Å². The molecular weight excluding hydrogens is 360 g/mol. The molecule has 6 heteroatoms. The van der Waals surface area contributed by atoms with Crippen LogP contribution < -0.4 is 9.47 Å². The number of carbonyl (C=O) groups excluding carboxylic acids is 2. The van der Waals surface area contributed by atoms with Crippen molar-refractivity contribution >= 4 is 11.9 Å². The molecule has 2 N–H and O–H groups in total. The molecule has 0 saturated heterocycles. The lowest BCUT2D eigenvalue weighted by molar-refractivity contribution is 0.0719. The van der Waals surface area contributed by atoms with Crippen molar-refractivity contribution in [2.24, 2.45) is 0 Å². The van der Waals surface area contributed by atoms with Gasteiger partial charge in [0.05, 0.1) is 11.1 Å². The predicted octanol–water partition coefficient (Wildman–Crippen LogP) is 4.15. The van der Waals surface area contributed by atoms with E-state index in [-0.39, 0.29) is 22.6 Å². The predicted molar refractivity (Wildman–Crippen MR) is 102 cm³/mol. The van der Waals surface area contributed by atoms with E-state index in [1.54, 1.807) is 13.8 Å². The van der Waals surface area contributed by atoms with E-state index in [1.807, 2.05) is 0 Å². The molecule has 3 aromatic rings. The fourth-order valence-electron chi connectivity index (χ4n) is 2.56. The van der Waals surface area contributed by atoms with Crippen molar-refractivity contribution in [1.82, 2.24) is 0 Å². The van der Waals surface area contributed by atoms with Crippen LogP contribution in [0.5, 0.6) is 23.0 Å². The number of hydrogen-bond acceptors (Lipinski definition) is 6. The Morgan fingerprint density at radius 2 is 1.00 bits per heavy atom. The highest BCUT2D eigenvalue weighted by atomic mass is 16.5. The van der Waals surface area contributed by atoms with Gasteiger partial charge < -0.3 is 19.7 Å². The first-order chi connectivity index (χ1) is 13.3. The molecule has 0 saturated carbocycles. The number of phenolic OH excluding ortho intramolecular Hbond substituents is 2. The summed E-state index contributed by atoms with van der Waals surface area (Å²) < 4.78 is 10.6. The smallest absolute Gasteiger partial charge is 0.343 e. The van der Waals surface area contributed by atoms with Crippen LogP contribution in [0.1, 0.15) is 31.8 Å². The summed E-state index contributed by atoms with van der Waals surface area (Å²) >= 11 is 0. The first-order valence-corrected chi connectivity index (χ1v) is 8.47. The Balaban J connectivity index is 1.70. The van der Waals surface area contributed by atoms with Gasteiger partial charge in [0.25, 0.3) is 0 Å². The third-order valence-corrected chi connectivity index (χ3v) is 4.08. The number of esters is 2. The number of hydrogen-bond donors (Lipinski definition) is 2. The highest BCUT2D eigenvalue weighted by molar-refractivity contribution is 5.95. The van der Waals surface area contributed by atoms with E-state index in [9.17, 15) is 19.8 Å². The molecule has 0 aliphatic rings. The summed E-state index contributed by atoms with van der Waals surface area (Å²) in [6, 6.07) is 14.7. The molecule has 3 rings (SSSR count). The van der Waals surface area contributed by atoms with Gasteiger partial charge >= 0.3 is 11.9 Å². The van der Waals surface area contributed by atoms with Crippen LogP contribution in [0.25, 0.3) is 0 Å². The van der Waals surface area contributed by atoms with Crippen molar-refractivity contribution < 1.29 is 29.3 Å². The van der Waals surface area contributed by atoms with Crippen LogP contribution in [0, 0.1) is 13.8 Å². The Morgan fingerprint density at radius 3 is 1.32 bits per heavy atom. The molecule has 0 bridgehead atoms. The lowest BCUT2D eigenvalue weighted by Crippen LogP contribution is -2.12. The van der Waals surface area contributed by atoms with Crippen molar-refractivity contribution in [3.63, 3.8) is 0 Å². The van der Waals surface area contributed by atoms with Gasteiger partial charge in [-0.05, 0) is 85.6 Å². The summed E-state index contributed by atoms with van der Waals surface area (Å²) in [7, 11) is 0. The van der Waals surface area contributed by atoms with Gasteiger partial charge in [0.1, 0.15) is 23.0 Å². The van der Waals surface area contributed by atoms with E-state index < -0.39 is 11.9 Å². The summed E-state index contributed by atoms with van der Waals surface area (Å²) in [5.41, 5.74) is 1.78. The third kappa shape index (κ3) is 4.29. The minimum absolute atomic E-state index is 0.0871. The molecule has 0 amide bonds. The van der Waals surface area contributed by atoms with Crippen LogP contribution >= 0.6 is 0 Å². The van der Waals surface area contributed by atoms with Gasteiger partial charge in [0.15, 0.2) is 0 Å². The number of phenols is 2. The standard InChI is InChI=1S/C22H18O6/c1-13-11-17(23)7-9-19(13)27-21(25)15-3-5-16(6-4-15)22(26)28-20-10-8-18(24)12-14(20)2/h3-12,23-24H,1-2H3. The molecule has 3 aromatic carbocycles. The van der Waals surface area contributed by atoms with Crippen LogP contribution in [0.3, 0.4) is 0 Å². The van der Waals surface area contributed by atoms with Crippen molar-refractivity contribution in [2.75, 3.05) is 0 Å². The zero-order valence-corrected chi connectivity index (χ0v) is 15.3. The lowest BCUT2D eigenvalue weighted by Gasteiger charge is -2.09. The van der Waals surface area contributed by atoms with E-state index in [1.165, 1.54) is 60.7 Å². The van der Waals surface area contributed by atoms with E-state index in [0.29, 0.717) is 22.6 Å². The summed E-state index contributed by atoms with van der Waals surface area (Å²) in [5.74, 6) is -0.303. The molecule has 0 aliphatic heterocycles. The first kappa shape index (κ1) is 19.0. The quantitative estimate of drug-likeness (QED) is 0.523. The van der Waals surface area contributed by atoms with E-state index in [0.717, 1.165) is 0 Å². The Morgan fingerprint density at radius 1 is 0.643 bits per heavy atom. The molecule has 0 heterocycles. The minimum Gasteiger partial charge on any atom is -0.508 e.